The highest BCUT2D eigenvalue weighted by Crippen LogP contribution is 2.53. The summed E-state index contributed by atoms with van der Waals surface area (Å²) in [6.45, 7) is 7.89. The summed E-state index contributed by atoms with van der Waals surface area (Å²) in [6.07, 6.45) is 0.163. The van der Waals surface area contributed by atoms with Crippen LogP contribution >= 0.6 is 0 Å². The van der Waals surface area contributed by atoms with Crippen molar-refractivity contribution in [3.8, 4) is 0 Å². The number of carbonyl (C=O) groups excluding carboxylic acids is 1. The molecule has 0 spiro atoms. The molecule has 0 bridgehead atoms. The summed E-state index contributed by atoms with van der Waals surface area (Å²) in [5.41, 5.74) is -1.36. The first-order valence-electron chi connectivity index (χ1n) is 7.00. The fraction of sp³-hybridized carbons (Fsp3) is 0.857. The Morgan fingerprint density at radius 3 is 2.65 bits per heavy atom. The number of aliphatic carboxylic acids is 1. The number of hydrogen-bond acceptors (Lipinski definition) is 4. The van der Waals surface area contributed by atoms with Gasteiger partial charge in [-0.3, -0.25) is 4.79 Å². The van der Waals surface area contributed by atoms with E-state index in [4.69, 9.17) is 14.6 Å². The zero-order valence-electron chi connectivity index (χ0n) is 12.4. The first-order chi connectivity index (χ1) is 9.16. The number of hydrogen-bond donors (Lipinski definition) is 2. The molecule has 2 aliphatic rings. The molecule has 0 aromatic rings. The van der Waals surface area contributed by atoms with E-state index < -0.39 is 23.2 Å². The van der Waals surface area contributed by atoms with Crippen LogP contribution in [0.5, 0.6) is 0 Å². The van der Waals surface area contributed by atoms with E-state index in [9.17, 15) is 9.59 Å². The van der Waals surface area contributed by atoms with Gasteiger partial charge in [-0.2, -0.15) is 0 Å². The zero-order chi connectivity index (χ0) is 15.1. The number of ether oxygens (including phenoxy) is 2. The van der Waals surface area contributed by atoms with Crippen molar-refractivity contribution in [2.45, 2.75) is 57.8 Å². The number of carboxylic acid groups (broad SMARTS) is 1. The smallest absolute Gasteiger partial charge is 0.408 e. The first kappa shape index (κ1) is 15.1. The van der Waals surface area contributed by atoms with Crippen LogP contribution in [-0.2, 0) is 14.3 Å². The Labute approximate surface area is 118 Å². The lowest BCUT2D eigenvalue weighted by molar-refractivity contribution is -0.150. The molecule has 114 valence electrons. The van der Waals surface area contributed by atoms with Gasteiger partial charge in [-0.1, -0.05) is 6.92 Å². The summed E-state index contributed by atoms with van der Waals surface area (Å²) >= 11 is 0. The highest BCUT2D eigenvalue weighted by atomic mass is 16.6. The molecule has 6 heteroatoms. The Balaban J connectivity index is 2.13. The molecule has 4 atom stereocenters. The quantitative estimate of drug-likeness (QED) is 0.825. The molecule has 0 aromatic carbocycles. The normalized spacial score (nSPS) is 35.9. The topological polar surface area (TPSA) is 84.9 Å². The van der Waals surface area contributed by atoms with Crippen LogP contribution in [0.3, 0.4) is 0 Å². The summed E-state index contributed by atoms with van der Waals surface area (Å²) in [6, 6.07) is 0. The van der Waals surface area contributed by atoms with Crippen LogP contribution in [0.15, 0.2) is 0 Å². The number of amides is 1. The van der Waals surface area contributed by atoms with Crippen LogP contribution in [0, 0.1) is 11.8 Å². The molecule has 1 aliphatic heterocycles. The minimum absolute atomic E-state index is 0.0291. The lowest BCUT2D eigenvalue weighted by Gasteiger charge is -2.56. The third-order valence-electron chi connectivity index (χ3n) is 4.28. The van der Waals surface area contributed by atoms with E-state index in [-0.39, 0.29) is 24.4 Å². The minimum Gasteiger partial charge on any atom is -0.481 e. The van der Waals surface area contributed by atoms with E-state index in [0.717, 1.165) is 6.42 Å². The van der Waals surface area contributed by atoms with E-state index >= 15 is 0 Å². The highest BCUT2D eigenvalue weighted by Gasteiger charge is 2.64. The predicted molar refractivity (Wildman–Crippen MR) is 71.4 cm³/mol. The molecule has 2 fully saturated rings. The van der Waals surface area contributed by atoms with E-state index in [1.807, 2.05) is 6.92 Å². The van der Waals surface area contributed by atoms with E-state index in [1.54, 1.807) is 20.8 Å². The van der Waals surface area contributed by atoms with Crippen LogP contribution in [0.2, 0.25) is 0 Å². The van der Waals surface area contributed by atoms with Crippen molar-refractivity contribution in [3.05, 3.63) is 0 Å². The number of alkyl carbamates (subject to hydrolysis) is 1. The minimum atomic E-state index is -0.918. The van der Waals surface area contributed by atoms with Gasteiger partial charge in [0, 0.05) is 18.4 Å². The summed E-state index contributed by atoms with van der Waals surface area (Å²) in [5.74, 6) is -0.891. The summed E-state index contributed by atoms with van der Waals surface area (Å²) in [4.78, 5) is 23.2. The van der Waals surface area contributed by atoms with Crippen LogP contribution in [0.4, 0.5) is 4.79 Å². The van der Waals surface area contributed by atoms with E-state index in [1.165, 1.54) is 0 Å². The molecule has 1 saturated carbocycles. The molecule has 6 nitrogen and oxygen atoms in total. The van der Waals surface area contributed by atoms with Gasteiger partial charge in [0.2, 0.25) is 0 Å². The van der Waals surface area contributed by atoms with Crippen molar-refractivity contribution in [2.24, 2.45) is 11.8 Å². The van der Waals surface area contributed by atoms with Gasteiger partial charge in [0.25, 0.3) is 0 Å². The number of nitrogens with one attached hydrogen (secondary N) is 1. The molecule has 0 aromatic heterocycles. The van der Waals surface area contributed by atoms with Crippen LogP contribution in [0.25, 0.3) is 0 Å². The Kier molecular flexibility index (Phi) is 3.71. The van der Waals surface area contributed by atoms with Gasteiger partial charge < -0.3 is 19.9 Å². The van der Waals surface area contributed by atoms with E-state index in [2.05, 4.69) is 5.32 Å². The van der Waals surface area contributed by atoms with Gasteiger partial charge >= 0.3 is 12.1 Å². The van der Waals surface area contributed by atoms with Crippen LogP contribution < -0.4 is 5.32 Å². The van der Waals surface area contributed by atoms with Crippen molar-refractivity contribution >= 4 is 12.1 Å². The fourth-order valence-corrected chi connectivity index (χ4v) is 3.45. The lowest BCUT2D eigenvalue weighted by Crippen LogP contribution is -2.72. The summed E-state index contributed by atoms with van der Waals surface area (Å²) in [5, 5.41) is 12.0. The number of carbonyl (C=O) groups is 2. The number of fused-ring (bicyclic) bond motifs is 1. The Bertz CT molecular complexity index is 416. The molecule has 20 heavy (non-hydrogen) atoms. The molecule has 1 saturated heterocycles. The van der Waals surface area contributed by atoms with Gasteiger partial charge in [0.1, 0.15) is 5.60 Å². The highest BCUT2D eigenvalue weighted by molar-refractivity contribution is 5.74. The predicted octanol–water partition coefficient (Wildman–Crippen LogP) is 1.78. The van der Waals surface area contributed by atoms with Gasteiger partial charge in [-0.05, 0) is 27.2 Å². The second-order valence-electron chi connectivity index (χ2n) is 6.76. The summed E-state index contributed by atoms with van der Waals surface area (Å²) in [7, 11) is 0. The number of rotatable bonds is 3. The second kappa shape index (κ2) is 4.91. The molecule has 2 rings (SSSR count). The zero-order valence-corrected chi connectivity index (χ0v) is 12.4. The Morgan fingerprint density at radius 1 is 1.45 bits per heavy atom. The molecule has 1 aliphatic carbocycles. The van der Waals surface area contributed by atoms with Crippen molar-refractivity contribution in [3.63, 3.8) is 0 Å². The largest absolute Gasteiger partial charge is 0.481 e. The maximum absolute atomic E-state index is 12.0. The maximum atomic E-state index is 12.0. The van der Waals surface area contributed by atoms with Crippen molar-refractivity contribution < 1.29 is 24.2 Å². The van der Waals surface area contributed by atoms with Gasteiger partial charge in [-0.25, -0.2) is 4.79 Å². The first-order valence-corrected chi connectivity index (χ1v) is 7.00. The standard InChI is InChI=1S/C14H23NO5/c1-8-11-9(5-6-19-11)14(8,7-10(16)17)15-12(18)20-13(2,3)4/h8-9,11H,5-7H2,1-4H3,(H,15,18)(H,16,17). The van der Waals surface area contributed by atoms with Gasteiger partial charge in [0.15, 0.2) is 0 Å². The SMILES string of the molecule is CC1C2OCCC2C1(CC(=O)O)NC(=O)OC(C)(C)C. The molecule has 2 N–H and O–H groups in total. The molecule has 1 heterocycles. The molecular weight excluding hydrogens is 262 g/mol. The molecule has 0 radical (unpaired) electrons. The lowest BCUT2D eigenvalue weighted by atomic mass is 9.55. The van der Waals surface area contributed by atoms with Gasteiger partial charge in [-0.15, -0.1) is 0 Å². The average Bonchev–Trinajstić information content (AvgIpc) is 2.70. The number of carboxylic acids is 1. The van der Waals surface area contributed by atoms with Crippen LogP contribution in [-0.4, -0.2) is 41.0 Å². The summed E-state index contributed by atoms with van der Waals surface area (Å²) < 4.78 is 10.9. The third kappa shape index (κ3) is 2.61. The van der Waals surface area contributed by atoms with Crippen molar-refractivity contribution in [2.75, 3.05) is 6.61 Å². The second-order valence-corrected chi connectivity index (χ2v) is 6.76. The molecular formula is C14H23NO5. The maximum Gasteiger partial charge on any atom is 0.408 e. The van der Waals surface area contributed by atoms with Gasteiger partial charge in [0.05, 0.1) is 18.1 Å². The fourth-order valence-electron chi connectivity index (χ4n) is 3.45. The average molecular weight is 285 g/mol. The van der Waals surface area contributed by atoms with Crippen molar-refractivity contribution in [1.29, 1.82) is 0 Å². The molecule has 4 unspecified atom stereocenters. The monoisotopic (exact) mass is 285 g/mol. The Hall–Kier alpha value is -1.30. The van der Waals surface area contributed by atoms with Crippen molar-refractivity contribution in [1.82, 2.24) is 5.32 Å². The third-order valence-corrected chi connectivity index (χ3v) is 4.28. The van der Waals surface area contributed by atoms with Crippen LogP contribution in [0.1, 0.15) is 40.5 Å². The molecule has 1 amide bonds. The Morgan fingerprint density at radius 2 is 2.10 bits per heavy atom. The van der Waals surface area contributed by atoms with E-state index in [0.29, 0.717) is 6.61 Å².